The number of rotatable bonds is 10. The lowest BCUT2D eigenvalue weighted by molar-refractivity contribution is -0.143. The molecule has 2 saturated heterocycles. The predicted octanol–water partition coefficient (Wildman–Crippen LogP) is 0.389. The molecular formula is C28H35N5O9. The van der Waals surface area contributed by atoms with E-state index in [4.69, 9.17) is 9.47 Å². The Hall–Kier alpha value is -4.46. The first-order chi connectivity index (χ1) is 20.0. The lowest BCUT2D eigenvalue weighted by Gasteiger charge is -2.36. The summed E-state index contributed by atoms with van der Waals surface area (Å²) in [6, 6.07) is 5.58. The van der Waals surface area contributed by atoms with Crippen LogP contribution in [-0.2, 0) is 19.1 Å². The van der Waals surface area contributed by atoms with Crippen LogP contribution in [0.25, 0.3) is 10.9 Å². The van der Waals surface area contributed by atoms with Crippen molar-refractivity contribution < 1.29 is 43.7 Å². The number of pyridine rings is 1. The highest BCUT2D eigenvalue weighted by atomic mass is 16.6. The number of aromatic nitrogens is 1. The van der Waals surface area contributed by atoms with Crippen molar-refractivity contribution in [3.05, 3.63) is 35.5 Å². The summed E-state index contributed by atoms with van der Waals surface area (Å²) in [5.41, 5.74) is 1.24. The maximum absolute atomic E-state index is 13.4. The normalized spacial score (nSPS) is 16.0. The van der Waals surface area contributed by atoms with Gasteiger partial charge in [0, 0.05) is 57.1 Å². The Kier molecular flexibility index (Phi) is 9.78. The highest BCUT2D eigenvalue weighted by Crippen LogP contribution is 2.27. The van der Waals surface area contributed by atoms with E-state index in [-0.39, 0.29) is 82.7 Å². The van der Waals surface area contributed by atoms with E-state index in [1.165, 1.54) is 20.8 Å². The average molecular weight is 586 g/mol. The fourth-order valence-electron chi connectivity index (χ4n) is 4.73. The van der Waals surface area contributed by atoms with Crippen molar-refractivity contribution in [2.75, 3.05) is 52.5 Å². The number of nitrogens with zero attached hydrogens (tertiary/aromatic N) is 4. The second kappa shape index (κ2) is 13.5. The van der Waals surface area contributed by atoms with E-state index in [1.54, 1.807) is 19.1 Å². The maximum atomic E-state index is 13.4. The van der Waals surface area contributed by atoms with Crippen LogP contribution in [0, 0.1) is 6.92 Å². The van der Waals surface area contributed by atoms with Gasteiger partial charge in [0.25, 0.3) is 11.8 Å². The molecular weight excluding hydrogens is 550 g/mol. The number of carboxylic acid groups (broad SMARTS) is 1. The summed E-state index contributed by atoms with van der Waals surface area (Å²) < 4.78 is 10.8. The minimum atomic E-state index is -1.15. The van der Waals surface area contributed by atoms with Gasteiger partial charge in [0.2, 0.25) is 5.91 Å². The van der Waals surface area contributed by atoms with E-state index >= 15 is 0 Å². The van der Waals surface area contributed by atoms with E-state index in [1.807, 2.05) is 13.0 Å². The molecule has 14 heteroatoms. The summed E-state index contributed by atoms with van der Waals surface area (Å²) in [6.45, 7) is 4.83. The van der Waals surface area contributed by atoms with Crippen molar-refractivity contribution in [2.45, 2.75) is 38.8 Å². The van der Waals surface area contributed by atoms with Crippen molar-refractivity contribution in [3.63, 3.8) is 0 Å². The van der Waals surface area contributed by atoms with Gasteiger partial charge in [-0.3, -0.25) is 19.2 Å². The fraction of sp³-hybridized carbons (Fsp3) is 0.500. The van der Waals surface area contributed by atoms with E-state index in [0.717, 1.165) is 5.56 Å². The molecule has 1 atom stereocenters. The summed E-state index contributed by atoms with van der Waals surface area (Å²) in [4.78, 5) is 71.4. The van der Waals surface area contributed by atoms with Gasteiger partial charge in [-0.15, -0.1) is 0 Å². The number of fused-ring (bicyclic) bond motifs is 1. The summed E-state index contributed by atoms with van der Waals surface area (Å²) in [5.74, 6) is -2.38. The van der Waals surface area contributed by atoms with Gasteiger partial charge < -0.3 is 39.7 Å². The SMILES string of the molecule is CCOC(=O)N1CCN(C(=O)[C@H](CCC(=O)O)NC(=O)c2cc(OCC(=O)N3CC(O)C3)c3ccc(C)cc3n2)CC1. The molecule has 0 saturated carbocycles. The second-order valence-corrected chi connectivity index (χ2v) is 10.2. The standard InChI is InChI=1S/C28H35N5O9/c1-3-41-28(40)32-10-8-31(9-11-32)27(39)20(6-7-25(36)37)30-26(38)22-13-23(19-5-4-17(2)12-21(19)29-22)42-16-24(35)33-14-18(34)15-33/h4-5,12-13,18,20,34H,3,6-11,14-16H2,1-2H3,(H,30,38)(H,36,37)/t20-/m0/s1. The van der Waals surface area contributed by atoms with Gasteiger partial charge >= 0.3 is 12.1 Å². The third-order valence-corrected chi connectivity index (χ3v) is 7.09. The number of aliphatic hydroxyl groups excluding tert-OH is 1. The predicted molar refractivity (Wildman–Crippen MR) is 148 cm³/mol. The Balaban J connectivity index is 1.50. The molecule has 4 amide bonds. The van der Waals surface area contributed by atoms with Gasteiger partial charge in [-0.05, 0) is 38.0 Å². The van der Waals surface area contributed by atoms with E-state index in [2.05, 4.69) is 10.3 Å². The number of aliphatic carboxylic acids is 1. The third-order valence-electron chi connectivity index (χ3n) is 7.09. The number of ether oxygens (including phenoxy) is 2. The number of carboxylic acids is 1. The summed E-state index contributed by atoms with van der Waals surface area (Å²) in [5, 5.41) is 21.9. The van der Waals surface area contributed by atoms with Crippen LogP contribution < -0.4 is 10.1 Å². The molecule has 2 aliphatic heterocycles. The minimum Gasteiger partial charge on any atom is -0.483 e. The highest BCUT2D eigenvalue weighted by Gasteiger charge is 2.32. The molecule has 1 aromatic heterocycles. The van der Waals surface area contributed by atoms with Crippen molar-refractivity contribution in [3.8, 4) is 5.75 Å². The first-order valence-electron chi connectivity index (χ1n) is 13.8. The van der Waals surface area contributed by atoms with Crippen LogP contribution in [0.2, 0.25) is 0 Å². The van der Waals surface area contributed by atoms with Crippen LogP contribution in [0.5, 0.6) is 5.75 Å². The topological polar surface area (TPSA) is 179 Å². The molecule has 0 bridgehead atoms. The van der Waals surface area contributed by atoms with Crippen molar-refractivity contribution in [2.24, 2.45) is 0 Å². The molecule has 2 aromatic rings. The molecule has 0 radical (unpaired) electrons. The number of benzene rings is 1. The summed E-state index contributed by atoms with van der Waals surface area (Å²) in [6.07, 6.45) is -1.53. The monoisotopic (exact) mass is 585 g/mol. The number of hydrogen-bond acceptors (Lipinski definition) is 9. The number of carbonyl (C=O) groups excluding carboxylic acids is 4. The van der Waals surface area contributed by atoms with Gasteiger partial charge in [0.1, 0.15) is 17.5 Å². The minimum absolute atomic E-state index is 0.0739. The zero-order chi connectivity index (χ0) is 30.4. The van der Waals surface area contributed by atoms with Crippen LogP contribution in [0.4, 0.5) is 4.79 Å². The van der Waals surface area contributed by atoms with Gasteiger partial charge in [-0.25, -0.2) is 9.78 Å². The number of nitrogens with one attached hydrogen (secondary N) is 1. The van der Waals surface area contributed by atoms with Gasteiger partial charge in [0.05, 0.1) is 18.2 Å². The number of likely N-dealkylation sites (tertiary alicyclic amines) is 1. The van der Waals surface area contributed by atoms with Crippen molar-refractivity contribution in [1.29, 1.82) is 0 Å². The zero-order valence-electron chi connectivity index (χ0n) is 23.6. The lowest BCUT2D eigenvalue weighted by Crippen LogP contribution is -2.56. The third kappa shape index (κ3) is 7.43. The lowest BCUT2D eigenvalue weighted by atomic mass is 10.1. The number of carbonyl (C=O) groups is 5. The van der Waals surface area contributed by atoms with Crippen molar-refractivity contribution in [1.82, 2.24) is 25.0 Å². The number of piperazine rings is 1. The first-order valence-corrected chi connectivity index (χ1v) is 13.8. The Morgan fingerprint density at radius 1 is 1.05 bits per heavy atom. The molecule has 4 rings (SSSR count). The van der Waals surface area contributed by atoms with E-state index in [9.17, 15) is 34.2 Å². The smallest absolute Gasteiger partial charge is 0.409 e. The van der Waals surface area contributed by atoms with Gasteiger partial charge in [-0.1, -0.05) is 6.07 Å². The van der Waals surface area contributed by atoms with Crippen LogP contribution in [0.15, 0.2) is 24.3 Å². The van der Waals surface area contributed by atoms with Crippen molar-refractivity contribution >= 4 is 40.7 Å². The number of aliphatic hydroxyl groups is 1. The zero-order valence-corrected chi connectivity index (χ0v) is 23.6. The van der Waals surface area contributed by atoms with E-state index in [0.29, 0.717) is 10.9 Å². The van der Waals surface area contributed by atoms with Gasteiger partial charge in [-0.2, -0.15) is 0 Å². The number of amides is 4. The molecule has 0 spiro atoms. The highest BCUT2D eigenvalue weighted by molar-refractivity contribution is 5.99. The average Bonchev–Trinajstić information content (AvgIpc) is 2.95. The molecule has 14 nitrogen and oxygen atoms in total. The molecule has 0 aliphatic carbocycles. The Morgan fingerprint density at radius 2 is 1.74 bits per heavy atom. The second-order valence-electron chi connectivity index (χ2n) is 10.2. The van der Waals surface area contributed by atoms with Crippen LogP contribution in [-0.4, -0.2) is 124 Å². The quantitative estimate of drug-likeness (QED) is 0.353. The van der Waals surface area contributed by atoms with Gasteiger partial charge in [0.15, 0.2) is 6.61 Å². The molecule has 2 aliphatic rings. The Morgan fingerprint density at radius 3 is 2.38 bits per heavy atom. The molecule has 1 aromatic carbocycles. The number of aryl methyl sites for hydroxylation is 1. The molecule has 0 unspecified atom stereocenters. The first kappa shape index (κ1) is 30.5. The molecule has 42 heavy (non-hydrogen) atoms. The van der Waals surface area contributed by atoms with Crippen LogP contribution >= 0.6 is 0 Å². The number of hydrogen-bond donors (Lipinski definition) is 3. The molecule has 3 heterocycles. The molecule has 2 fully saturated rings. The van der Waals surface area contributed by atoms with E-state index < -0.39 is 36.0 Å². The maximum Gasteiger partial charge on any atom is 0.409 e. The Bertz CT molecular complexity index is 1350. The summed E-state index contributed by atoms with van der Waals surface area (Å²) >= 11 is 0. The molecule has 226 valence electrons. The fourth-order valence-corrected chi connectivity index (χ4v) is 4.73. The largest absolute Gasteiger partial charge is 0.483 e. The van der Waals surface area contributed by atoms with Crippen LogP contribution in [0.3, 0.4) is 0 Å². The molecule has 3 N–H and O–H groups in total. The number of β-amino-alcohol motifs (C(OH)–C–C–N with tert-alkyl or cyclic N) is 1. The summed E-state index contributed by atoms with van der Waals surface area (Å²) in [7, 11) is 0. The van der Waals surface area contributed by atoms with Crippen LogP contribution in [0.1, 0.15) is 35.8 Å². The Labute approximate surface area is 242 Å².